The fourth-order valence-electron chi connectivity index (χ4n) is 2.73. The van der Waals surface area contributed by atoms with Crippen molar-refractivity contribution in [2.24, 2.45) is 5.92 Å². The topological polar surface area (TPSA) is 49.4 Å². The number of hydrogen-bond acceptors (Lipinski definition) is 4. The zero-order valence-electron chi connectivity index (χ0n) is 12.3. The van der Waals surface area contributed by atoms with Crippen LogP contribution in [0.1, 0.15) is 19.3 Å². The van der Waals surface area contributed by atoms with Crippen LogP contribution >= 0.6 is 0 Å². The average Bonchev–Trinajstić information content (AvgIpc) is 2.45. The Morgan fingerprint density at radius 1 is 1.20 bits per heavy atom. The summed E-state index contributed by atoms with van der Waals surface area (Å²) in [6.07, 6.45) is 4.93. The van der Waals surface area contributed by atoms with Crippen LogP contribution in [0.25, 0.3) is 0 Å². The average molecular weight is 296 g/mol. The van der Waals surface area contributed by atoms with Crippen molar-refractivity contribution in [3.63, 3.8) is 0 Å². The summed E-state index contributed by atoms with van der Waals surface area (Å²) in [6.45, 7) is 3.22. The summed E-state index contributed by atoms with van der Waals surface area (Å²) < 4.78 is 22.9. The highest BCUT2D eigenvalue weighted by molar-refractivity contribution is 7.90. The van der Waals surface area contributed by atoms with Gasteiger partial charge in [0.2, 0.25) is 0 Å². The summed E-state index contributed by atoms with van der Waals surface area (Å²) in [4.78, 5) is 2.74. The molecule has 0 spiro atoms. The van der Waals surface area contributed by atoms with E-state index >= 15 is 0 Å². The van der Waals surface area contributed by atoms with Gasteiger partial charge in [-0.2, -0.15) is 0 Å². The van der Waals surface area contributed by atoms with Gasteiger partial charge in [0, 0.05) is 25.0 Å². The SMILES string of the molecule is CNCCC1CCN(c2ccc(S(C)(=O)=O)cc2)CC1. The highest BCUT2D eigenvalue weighted by Gasteiger charge is 2.19. The predicted molar refractivity (Wildman–Crippen MR) is 83.0 cm³/mol. The van der Waals surface area contributed by atoms with E-state index in [0.29, 0.717) is 4.90 Å². The molecule has 1 aromatic rings. The van der Waals surface area contributed by atoms with Gasteiger partial charge in [0.15, 0.2) is 9.84 Å². The molecule has 1 aliphatic heterocycles. The molecule has 0 atom stereocenters. The predicted octanol–water partition coefficient (Wildman–Crippen LogP) is 1.92. The maximum absolute atomic E-state index is 11.4. The Morgan fingerprint density at radius 2 is 1.80 bits per heavy atom. The van der Waals surface area contributed by atoms with Gasteiger partial charge in [0.1, 0.15) is 0 Å². The molecule has 1 N–H and O–H groups in total. The van der Waals surface area contributed by atoms with Gasteiger partial charge in [0.05, 0.1) is 4.90 Å². The van der Waals surface area contributed by atoms with E-state index in [1.165, 1.54) is 25.5 Å². The molecule has 0 aromatic heterocycles. The molecule has 0 aliphatic carbocycles. The number of anilines is 1. The Bertz CT molecular complexity index is 517. The molecule has 0 radical (unpaired) electrons. The fourth-order valence-corrected chi connectivity index (χ4v) is 3.36. The molecule has 1 fully saturated rings. The van der Waals surface area contributed by atoms with Crippen molar-refractivity contribution in [3.8, 4) is 0 Å². The first-order valence-corrected chi connectivity index (χ1v) is 9.09. The van der Waals surface area contributed by atoms with Crippen molar-refractivity contribution in [1.29, 1.82) is 0 Å². The zero-order chi connectivity index (χ0) is 14.6. The summed E-state index contributed by atoms with van der Waals surface area (Å²) in [7, 11) is -1.10. The Hall–Kier alpha value is -1.07. The number of sulfone groups is 1. The van der Waals surface area contributed by atoms with E-state index in [0.717, 1.165) is 31.2 Å². The van der Waals surface area contributed by atoms with Crippen molar-refractivity contribution < 1.29 is 8.42 Å². The number of benzene rings is 1. The van der Waals surface area contributed by atoms with Gasteiger partial charge in [0.25, 0.3) is 0 Å². The van der Waals surface area contributed by atoms with E-state index in [1.54, 1.807) is 12.1 Å². The third-order valence-corrected chi connectivity index (χ3v) is 5.18. The van der Waals surface area contributed by atoms with Gasteiger partial charge in [-0.15, -0.1) is 0 Å². The van der Waals surface area contributed by atoms with Gasteiger partial charge in [-0.25, -0.2) is 8.42 Å². The molecule has 1 heterocycles. The lowest BCUT2D eigenvalue weighted by molar-refractivity contribution is 0.378. The third-order valence-electron chi connectivity index (χ3n) is 4.05. The van der Waals surface area contributed by atoms with Crippen LogP contribution in [0.3, 0.4) is 0 Å². The molecule has 5 heteroatoms. The molecular weight excluding hydrogens is 272 g/mol. The molecular formula is C15H24N2O2S. The van der Waals surface area contributed by atoms with Crippen LogP contribution in [-0.4, -0.2) is 41.4 Å². The van der Waals surface area contributed by atoms with Gasteiger partial charge in [-0.3, -0.25) is 0 Å². The van der Waals surface area contributed by atoms with Crippen LogP contribution in [0.2, 0.25) is 0 Å². The largest absolute Gasteiger partial charge is 0.372 e. The van der Waals surface area contributed by atoms with Crippen molar-refractivity contribution in [2.45, 2.75) is 24.2 Å². The van der Waals surface area contributed by atoms with Crippen LogP contribution in [0.4, 0.5) is 5.69 Å². The van der Waals surface area contributed by atoms with E-state index in [2.05, 4.69) is 10.2 Å². The normalized spacial score (nSPS) is 17.4. The molecule has 2 rings (SSSR count). The lowest BCUT2D eigenvalue weighted by Gasteiger charge is -2.33. The van der Waals surface area contributed by atoms with Crippen LogP contribution in [0.15, 0.2) is 29.2 Å². The number of hydrogen-bond donors (Lipinski definition) is 1. The lowest BCUT2D eigenvalue weighted by atomic mass is 9.93. The van der Waals surface area contributed by atoms with Crippen LogP contribution in [0, 0.1) is 5.92 Å². The quantitative estimate of drug-likeness (QED) is 0.902. The molecule has 1 aliphatic rings. The van der Waals surface area contributed by atoms with Gasteiger partial charge >= 0.3 is 0 Å². The second-order valence-corrected chi connectivity index (χ2v) is 7.60. The van der Waals surface area contributed by atoms with Crippen molar-refractivity contribution >= 4 is 15.5 Å². The monoisotopic (exact) mass is 296 g/mol. The van der Waals surface area contributed by atoms with E-state index in [1.807, 2.05) is 19.2 Å². The molecule has 4 nitrogen and oxygen atoms in total. The van der Waals surface area contributed by atoms with E-state index in [4.69, 9.17) is 0 Å². The van der Waals surface area contributed by atoms with Crippen LogP contribution in [0.5, 0.6) is 0 Å². The highest BCUT2D eigenvalue weighted by Crippen LogP contribution is 2.25. The first-order chi connectivity index (χ1) is 9.50. The first-order valence-electron chi connectivity index (χ1n) is 7.20. The van der Waals surface area contributed by atoms with Crippen molar-refractivity contribution in [2.75, 3.05) is 37.8 Å². The molecule has 0 unspecified atom stereocenters. The summed E-state index contributed by atoms with van der Waals surface area (Å²) in [5.74, 6) is 0.814. The molecule has 0 amide bonds. The minimum absolute atomic E-state index is 0.394. The highest BCUT2D eigenvalue weighted by atomic mass is 32.2. The summed E-state index contributed by atoms with van der Waals surface area (Å²) in [5, 5.41) is 3.21. The number of rotatable bonds is 5. The van der Waals surface area contributed by atoms with Gasteiger partial charge in [-0.05, 0) is 63.0 Å². The van der Waals surface area contributed by atoms with E-state index < -0.39 is 9.84 Å². The number of nitrogens with one attached hydrogen (secondary N) is 1. The minimum Gasteiger partial charge on any atom is -0.372 e. The van der Waals surface area contributed by atoms with Crippen molar-refractivity contribution in [1.82, 2.24) is 5.32 Å². The Labute approximate surface area is 122 Å². The fraction of sp³-hybridized carbons (Fsp3) is 0.600. The Morgan fingerprint density at radius 3 is 2.30 bits per heavy atom. The molecule has 20 heavy (non-hydrogen) atoms. The van der Waals surface area contributed by atoms with E-state index in [-0.39, 0.29) is 0 Å². The van der Waals surface area contributed by atoms with E-state index in [9.17, 15) is 8.42 Å². The number of piperidine rings is 1. The number of nitrogens with zero attached hydrogens (tertiary/aromatic N) is 1. The third kappa shape index (κ3) is 3.96. The van der Waals surface area contributed by atoms with Crippen LogP contribution in [-0.2, 0) is 9.84 Å². The standard InChI is InChI=1S/C15H24N2O2S/c1-16-10-7-13-8-11-17(12-9-13)14-3-5-15(6-4-14)20(2,18)19/h3-6,13,16H,7-12H2,1-2H3. The first kappa shape index (κ1) is 15.3. The second kappa shape index (κ2) is 6.59. The summed E-state index contributed by atoms with van der Waals surface area (Å²) in [5.41, 5.74) is 1.13. The van der Waals surface area contributed by atoms with Gasteiger partial charge in [-0.1, -0.05) is 0 Å². The molecule has 1 saturated heterocycles. The molecule has 0 bridgehead atoms. The van der Waals surface area contributed by atoms with Crippen LogP contribution < -0.4 is 10.2 Å². The molecule has 112 valence electrons. The lowest BCUT2D eigenvalue weighted by Crippen LogP contribution is -2.34. The molecule has 1 aromatic carbocycles. The molecule has 0 saturated carbocycles. The van der Waals surface area contributed by atoms with Gasteiger partial charge < -0.3 is 10.2 Å². The summed E-state index contributed by atoms with van der Waals surface area (Å²) in [6, 6.07) is 7.25. The van der Waals surface area contributed by atoms with Crippen molar-refractivity contribution in [3.05, 3.63) is 24.3 Å². The smallest absolute Gasteiger partial charge is 0.175 e. The minimum atomic E-state index is -3.09. The zero-order valence-corrected chi connectivity index (χ0v) is 13.1. The summed E-state index contributed by atoms with van der Waals surface area (Å²) >= 11 is 0. The Kier molecular flexibility index (Phi) is 5.05. The maximum Gasteiger partial charge on any atom is 0.175 e. The second-order valence-electron chi connectivity index (χ2n) is 5.59. The maximum atomic E-state index is 11.4. The Balaban J connectivity index is 1.94.